The molecule has 0 atom stereocenters. The van der Waals surface area contributed by atoms with Crippen LogP contribution < -0.4 is 11.1 Å². The van der Waals surface area contributed by atoms with E-state index < -0.39 is 29.0 Å². The Hall–Kier alpha value is -4.27. The van der Waals surface area contributed by atoms with Gasteiger partial charge in [0.1, 0.15) is 0 Å². The van der Waals surface area contributed by atoms with Crippen LogP contribution in [-0.2, 0) is 0 Å². The van der Waals surface area contributed by atoms with Crippen molar-refractivity contribution in [1.29, 1.82) is 0 Å². The largest absolute Gasteiger partial charge is 0.366 e. The Balaban J connectivity index is 1.82. The summed E-state index contributed by atoms with van der Waals surface area (Å²) in [5, 5.41) is 1.04. The van der Waals surface area contributed by atoms with Crippen molar-refractivity contribution in [3.63, 3.8) is 0 Å². The molecule has 1 aliphatic heterocycles. The molecule has 2 amide bonds. The summed E-state index contributed by atoms with van der Waals surface area (Å²) in [5.74, 6) is -1.16. The van der Waals surface area contributed by atoms with Gasteiger partial charge < -0.3 is 0 Å². The lowest BCUT2D eigenvalue weighted by Crippen LogP contribution is -2.40. The number of hydrogen-bond donors (Lipinski definition) is 0. The first-order valence-electron chi connectivity index (χ1n) is 10.00. The molecule has 0 unspecified atom stereocenters. The number of aliphatic imine (C=N–C) groups is 2. The molecule has 2 aromatic heterocycles. The molecule has 9 heteroatoms. The Labute approximate surface area is 180 Å². The Bertz CT molecular complexity index is 1640. The van der Waals surface area contributed by atoms with Gasteiger partial charge in [-0.1, -0.05) is 30.3 Å². The number of aromatic nitrogens is 3. The van der Waals surface area contributed by atoms with Crippen LogP contribution in [0.5, 0.6) is 0 Å². The second kappa shape index (κ2) is 7.16. The first-order chi connectivity index (χ1) is 15.4. The minimum Gasteiger partial charge on any atom is -0.272 e. The van der Waals surface area contributed by atoms with Gasteiger partial charge in [-0.25, -0.2) is 19.8 Å². The van der Waals surface area contributed by atoms with Crippen molar-refractivity contribution in [3.8, 4) is 0 Å². The van der Waals surface area contributed by atoms with Gasteiger partial charge in [0.25, 0.3) is 11.1 Å². The van der Waals surface area contributed by atoms with Crippen LogP contribution >= 0.6 is 0 Å². The van der Waals surface area contributed by atoms with Crippen molar-refractivity contribution in [3.05, 3.63) is 69.2 Å². The Morgan fingerprint density at radius 2 is 1.44 bits per heavy atom. The Morgan fingerprint density at radius 3 is 2.12 bits per heavy atom. The minimum atomic E-state index is -0.621. The van der Waals surface area contributed by atoms with Gasteiger partial charge in [0.2, 0.25) is 5.91 Å². The molecule has 1 aliphatic rings. The molecule has 0 aliphatic carbocycles. The topological polar surface area (TPSA) is 115 Å². The zero-order chi connectivity index (χ0) is 22.6. The molecule has 0 bridgehead atoms. The molecule has 9 nitrogen and oxygen atoms in total. The van der Waals surface area contributed by atoms with Gasteiger partial charge >= 0.3 is 6.03 Å². The van der Waals surface area contributed by atoms with Gasteiger partial charge in [-0.15, -0.1) is 0 Å². The molecule has 158 valence electrons. The highest BCUT2D eigenvalue weighted by molar-refractivity contribution is 6.16. The SMILES string of the molecule is CC1=NC(=O)N=C(C)C1CC(=O)n1c(=O)c2ccccc2c2nc3ccccc3c(=O)n21. The van der Waals surface area contributed by atoms with Crippen molar-refractivity contribution >= 4 is 50.7 Å². The molecular weight excluding hydrogens is 410 g/mol. The van der Waals surface area contributed by atoms with Crippen LogP contribution in [0.3, 0.4) is 0 Å². The van der Waals surface area contributed by atoms with Gasteiger partial charge in [-0.2, -0.15) is 9.20 Å². The van der Waals surface area contributed by atoms with Crippen molar-refractivity contribution in [2.75, 3.05) is 0 Å². The maximum atomic E-state index is 13.4. The summed E-state index contributed by atoms with van der Waals surface area (Å²) < 4.78 is 1.89. The van der Waals surface area contributed by atoms with Crippen molar-refractivity contribution < 1.29 is 9.59 Å². The summed E-state index contributed by atoms with van der Waals surface area (Å²) in [6.45, 7) is 3.27. The Kier molecular flexibility index (Phi) is 4.40. The monoisotopic (exact) mass is 427 g/mol. The highest BCUT2D eigenvalue weighted by Crippen LogP contribution is 2.19. The number of benzene rings is 2. The zero-order valence-corrected chi connectivity index (χ0v) is 17.3. The van der Waals surface area contributed by atoms with E-state index in [1.54, 1.807) is 62.4 Å². The van der Waals surface area contributed by atoms with E-state index >= 15 is 0 Å². The molecule has 0 fully saturated rings. The average molecular weight is 427 g/mol. The first kappa shape index (κ1) is 19.7. The molecule has 2 aromatic carbocycles. The number of para-hydroxylation sites is 1. The summed E-state index contributed by atoms with van der Waals surface area (Å²) in [7, 11) is 0. The van der Waals surface area contributed by atoms with Gasteiger partial charge in [-0.3, -0.25) is 14.4 Å². The van der Waals surface area contributed by atoms with Crippen LogP contribution in [0.1, 0.15) is 25.1 Å². The summed E-state index contributed by atoms with van der Waals surface area (Å²) in [4.78, 5) is 64.0. The first-order valence-corrected chi connectivity index (χ1v) is 10.00. The second-order valence-electron chi connectivity index (χ2n) is 7.67. The van der Waals surface area contributed by atoms with Crippen LogP contribution in [0, 0.1) is 5.92 Å². The van der Waals surface area contributed by atoms with E-state index in [0.29, 0.717) is 27.7 Å². The normalized spacial score (nSPS) is 14.8. The maximum Gasteiger partial charge on any atom is 0.366 e. The van der Waals surface area contributed by atoms with Gasteiger partial charge in [0.15, 0.2) is 5.65 Å². The Morgan fingerprint density at radius 1 is 0.844 bits per heavy atom. The van der Waals surface area contributed by atoms with Gasteiger partial charge in [0, 0.05) is 29.1 Å². The van der Waals surface area contributed by atoms with E-state index in [1.165, 1.54) is 0 Å². The smallest absolute Gasteiger partial charge is 0.272 e. The van der Waals surface area contributed by atoms with E-state index in [-0.39, 0.29) is 17.5 Å². The summed E-state index contributed by atoms with van der Waals surface area (Å²) in [6, 6.07) is 12.9. The number of carbonyl (C=O) groups is 2. The predicted molar refractivity (Wildman–Crippen MR) is 121 cm³/mol. The standard InChI is InChI=1S/C23H17N5O4/c1-12-17(13(2)25-23(32)24-12)11-19(29)27-21(30)15-8-4-3-7-14(15)20-26-18-10-6-5-9-16(18)22(31)28(20)27/h3-10,17H,11H2,1-2H3. The third kappa shape index (κ3) is 2.89. The second-order valence-corrected chi connectivity index (χ2v) is 7.67. The number of urea groups is 1. The zero-order valence-electron chi connectivity index (χ0n) is 17.3. The van der Waals surface area contributed by atoms with Gasteiger partial charge in [0.05, 0.1) is 16.3 Å². The van der Waals surface area contributed by atoms with E-state index in [2.05, 4.69) is 15.0 Å². The number of fused-ring (bicyclic) bond motifs is 4. The van der Waals surface area contributed by atoms with Crippen LogP contribution in [0.15, 0.2) is 68.1 Å². The highest BCUT2D eigenvalue weighted by Gasteiger charge is 2.28. The van der Waals surface area contributed by atoms with E-state index in [4.69, 9.17) is 0 Å². The molecular formula is C23H17N5O4. The fraction of sp³-hybridized carbons (Fsp3) is 0.174. The lowest BCUT2D eigenvalue weighted by molar-refractivity contribution is 0.0870. The summed E-state index contributed by atoms with van der Waals surface area (Å²) in [6.07, 6.45) is -0.176. The van der Waals surface area contributed by atoms with Crippen LogP contribution in [0.25, 0.3) is 27.3 Å². The molecule has 5 rings (SSSR count). The average Bonchev–Trinajstić information content (AvgIpc) is 2.77. The molecule has 32 heavy (non-hydrogen) atoms. The van der Waals surface area contributed by atoms with Crippen molar-refractivity contribution in [2.24, 2.45) is 15.9 Å². The third-order valence-corrected chi connectivity index (χ3v) is 5.71. The van der Waals surface area contributed by atoms with Crippen molar-refractivity contribution in [2.45, 2.75) is 20.3 Å². The van der Waals surface area contributed by atoms with Crippen LogP contribution in [0.2, 0.25) is 0 Å². The van der Waals surface area contributed by atoms with E-state index in [0.717, 1.165) is 9.20 Å². The number of hydrogen-bond acceptors (Lipinski definition) is 5. The minimum absolute atomic E-state index is 0.176. The predicted octanol–water partition coefficient (Wildman–Crippen LogP) is 2.86. The summed E-state index contributed by atoms with van der Waals surface area (Å²) in [5.41, 5.74) is 0.420. The molecule has 3 heterocycles. The quantitative estimate of drug-likeness (QED) is 0.360. The van der Waals surface area contributed by atoms with Crippen LogP contribution in [0.4, 0.5) is 4.79 Å². The number of amides is 2. The number of carbonyl (C=O) groups excluding carboxylic acids is 2. The maximum absolute atomic E-state index is 13.4. The fourth-order valence-corrected chi connectivity index (χ4v) is 4.12. The molecule has 0 spiro atoms. The molecule has 0 radical (unpaired) electrons. The van der Waals surface area contributed by atoms with Crippen molar-refractivity contribution in [1.82, 2.24) is 14.2 Å². The fourth-order valence-electron chi connectivity index (χ4n) is 4.12. The van der Waals surface area contributed by atoms with Gasteiger partial charge in [-0.05, 0) is 32.0 Å². The molecule has 0 N–H and O–H groups in total. The van der Waals surface area contributed by atoms with E-state index in [1.807, 2.05) is 0 Å². The number of rotatable bonds is 2. The molecule has 0 saturated carbocycles. The lowest BCUT2D eigenvalue weighted by Gasteiger charge is -2.20. The van der Waals surface area contributed by atoms with Crippen LogP contribution in [-0.4, -0.2) is 37.5 Å². The molecule has 0 saturated heterocycles. The van der Waals surface area contributed by atoms with E-state index in [9.17, 15) is 19.2 Å². The number of nitrogens with zero attached hydrogens (tertiary/aromatic N) is 5. The third-order valence-electron chi connectivity index (χ3n) is 5.71. The highest BCUT2D eigenvalue weighted by atomic mass is 16.2. The summed E-state index contributed by atoms with van der Waals surface area (Å²) >= 11 is 0. The molecule has 4 aromatic rings. The lowest BCUT2D eigenvalue weighted by atomic mass is 9.94.